The average Bonchev–Trinajstić information content (AvgIpc) is 2.38. The first kappa shape index (κ1) is 14.1. The molecule has 0 aliphatic carbocycles. The smallest absolute Gasteiger partial charge is 0.338 e. The quantitative estimate of drug-likeness (QED) is 0.346. The van der Waals surface area contributed by atoms with Crippen molar-refractivity contribution in [1.29, 1.82) is 0 Å². The maximum Gasteiger partial charge on any atom is 0.338 e. The van der Waals surface area contributed by atoms with Gasteiger partial charge in [-0.15, -0.1) is 0 Å². The summed E-state index contributed by atoms with van der Waals surface area (Å²) in [6, 6.07) is 5.34. The molecule has 0 bridgehead atoms. The van der Waals surface area contributed by atoms with Crippen LogP contribution in [0, 0.1) is 10.1 Å². The molecular weight excluding hydrogens is 236 g/mol. The summed E-state index contributed by atoms with van der Waals surface area (Å²) in [5.74, 6) is -0.469. The molecule has 1 aromatic carbocycles. The van der Waals surface area contributed by atoms with Crippen molar-refractivity contribution < 1.29 is 14.5 Å². The minimum Gasteiger partial charge on any atom is -0.461 e. The molecule has 6 nitrogen and oxygen atoms in total. The number of nitro benzene ring substituents is 1. The van der Waals surface area contributed by atoms with Crippen molar-refractivity contribution in [3.8, 4) is 0 Å². The molecular formula is C12H16N2O4. The molecule has 0 aromatic heterocycles. The summed E-state index contributed by atoms with van der Waals surface area (Å²) in [6.07, 6.45) is 1.02. The molecule has 0 atom stereocenters. The van der Waals surface area contributed by atoms with Crippen LogP contribution in [0.25, 0.3) is 0 Å². The molecule has 1 N–H and O–H groups in total. The average molecular weight is 252 g/mol. The van der Waals surface area contributed by atoms with E-state index >= 15 is 0 Å². The summed E-state index contributed by atoms with van der Waals surface area (Å²) in [6.45, 7) is 3.83. The van der Waals surface area contributed by atoms with Crippen molar-refractivity contribution in [3.63, 3.8) is 0 Å². The van der Waals surface area contributed by atoms with Crippen LogP contribution in [0.5, 0.6) is 0 Å². The predicted octanol–water partition coefficient (Wildman–Crippen LogP) is 1.75. The summed E-state index contributed by atoms with van der Waals surface area (Å²) in [5.41, 5.74) is 0.271. The molecule has 18 heavy (non-hydrogen) atoms. The Kier molecular flexibility index (Phi) is 5.79. The zero-order valence-electron chi connectivity index (χ0n) is 10.2. The number of esters is 1. The lowest BCUT2D eigenvalue weighted by atomic mass is 10.2. The first-order valence-corrected chi connectivity index (χ1v) is 5.77. The zero-order chi connectivity index (χ0) is 13.4. The molecule has 98 valence electrons. The number of benzene rings is 1. The third-order valence-corrected chi connectivity index (χ3v) is 2.25. The van der Waals surface area contributed by atoms with Gasteiger partial charge < -0.3 is 10.1 Å². The standard InChI is InChI=1S/C12H16N2O4/c1-2-7-13-8-9-18-12(15)10-3-5-11(6-4-10)14(16)17/h3-6,13H,2,7-9H2,1H3. The summed E-state index contributed by atoms with van der Waals surface area (Å²) in [5, 5.41) is 13.5. The summed E-state index contributed by atoms with van der Waals surface area (Å²) >= 11 is 0. The third kappa shape index (κ3) is 4.50. The second-order valence-corrected chi connectivity index (χ2v) is 3.69. The topological polar surface area (TPSA) is 81.5 Å². The first-order chi connectivity index (χ1) is 8.65. The molecule has 0 saturated carbocycles. The van der Waals surface area contributed by atoms with E-state index in [-0.39, 0.29) is 12.3 Å². The Morgan fingerprint density at radius 3 is 2.56 bits per heavy atom. The number of hydrogen-bond acceptors (Lipinski definition) is 5. The van der Waals surface area contributed by atoms with E-state index in [0.29, 0.717) is 12.1 Å². The number of nitrogens with zero attached hydrogens (tertiary/aromatic N) is 1. The fraction of sp³-hybridized carbons (Fsp3) is 0.417. The van der Waals surface area contributed by atoms with E-state index in [9.17, 15) is 14.9 Å². The van der Waals surface area contributed by atoms with Crippen LogP contribution in [0.1, 0.15) is 23.7 Å². The van der Waals surface area contributed by atoms with Gasteiger partial charge in [0.15, 0.2) is 0 Å². The van der Waals surface area contributed by atoms with Crippen molar-refractivity contribution in [2.24, 2.45) is 0 Å². The van der Waals surface area contributed by atoms with E-state index < -0.39 is 10.9 Å². The van der Waals surface area contributed by atoms with Crippen LogP contribution in [0.15, 0.2) is 24.3 Å². The molecule has 1 aromatic rings. The highest BCUT2D eigenvalue weighted by Gasteiger charge is 2.09. The van der Waals surface area contributed by atoms with Gasteiger partial charge in [0.1, 0.15) is 6.61 Å². The summed E-state index contributed by atoms with van der Waals surface area (Å²) in [4.78, 5) is 21.5. The van der Waals surface area contributed by atoms with Crippen LogP contribution in [0.3, 0.4) is 0 Å². The van der Waals surface area contributed by atoms with Gasteiger partial charge in [-0.1, -0.05) is 6.92 Å². The Bertz CT molecular complexity index is 403. The van der Waals surface area contributed by atoms with Crippen molar-refractivity contribution in [2.45, 2.75) is 13.3 Å². The fourth-order valence-corrected chi connectivity index (χ4v) is 1.32. The minimum absolute atomic E-state index is 0.0452. The van der Waals surface area contributed by atoms with Crippen LogP contribution in [-0.4, -0.2) is 30.6 Å². The van der Waals surface area contributed by atoms with Crippen LogP contribution in [-0.2, 0) is 4.74 Å². The van der Waals surface area contributed by atoms with Gasteiger partial charge in [0.05, 0.1) is 10.5 Å². The van der Waals surface area contributed by atoms with Gasteiger partial charge in [-0.2, -0.15) is 0 Å². The van der Waals surface area contributed by atoms with E-state index in [0.717, 1.165) is 13.0 Å². The van der Waals surface area contributed by atoms with Crippen LogP contribution in [0.4, 0.5) is 5.69 Å². The highest BCUT2D eigenvalue weighted by Crippen LogP contribution is 2.12. The number of rotatable bonds is 7. The second-order valence-electron chi connectivity index (χ2n) is 3.69. The summed E-state index contributed by atoms with van der Waals surface area (Å²) < 4.78 is 5.00. The maximum atomic E-state index is 11.5. The predicted molar refractivity (Wildman–Crippen MR) is 66.5 cm³/mol. The molecule has 0 heterocycles. The second kappa shape index (κ2) is 7.39. The van der Waals surface area contributed by atoms with Crippen LogP contribution < -0.4 is 5.32 Å². The Labute approximate surface area is 105 Å². The van der Waals surface area contributed by atoms with Gasteiger partial charge in [0, 0.05) is 18.7 Å². The largest absolute Gasteiger partial charge is 0.461 e. The summed E-state index contributed by atoms with van der Waals surface area (Å²) in [7, 11) is 0. The molecule has 6 heteroatoms. The molecule has 1 rings (SSSR count). The lowest BCUT2D eigenvalue weighted by Gasteiger charge is -2.05. The highest BCUT2D eigenvalue weighted by atomic mass is 16.6. The van der Waals surface area contributed by atoms with Gasteiger partial charge in [-0.3, -0.25) is 10.1 Å². The number of hydrogen-bond donors (Lipinski definition) is 1. The molecule has 0 radical (unpaired) electrons. The molecule has 0 aliphatic heterocycles. The third-order valence-electron chi connectivity index (χ3n) is 2.25. The number of carbonyl (C=O) groups excluding carboxylic acids is 1. The van der Waals surface area contributed by atoms with E-state index in [1.165, 1.54) is 24.3 Å². The number of nitrogens with one attached hydrogen (secondary N) is 1. The van der Waals surface area contributed by atoms with Crippen LogP contribution in [0.2, 0.25) is 0 Å². The number of nitro groups is 1. The van der Waals surface area contributed by atoms with Crippen molar-refractivity contribution in [1.82, 2.24) is 5.32 Å². The molecule has 0 saturated heterocycles. The lowest BCUT2D eigenvalue weighted by Crippen LogP contribution is -2.22. The number of ether oxygens (including phenoxy) is 1. The van der Waals surface area contributed by atoms with Gasteiger partial charge in [0.2, 0.25) is 0 Å². The number of carbonyl (C=O) groups is 1. The van der Waals surface area contributed by atoms with Gasteiger partial charge >= 0.3 is 5.97 Å². The maximum absolute atomic E-state index is 11.5. The minimum atomic E-state index is -0.510. The van der Waals surface area contributed by atoms with E-state index in [1.807, 2.05) is 0 Å². The Balaban J connectivity index is 2.39. The number of non-ortho nitro benzene ring substituents is 1. The van der Waals surface area contributed by atoms with Crippen molar-refractivity contribution in [2.75, 3.05) is 19.7 Å². The first-order valence-electron chi connectivity index (χ1n) is 5.77. The van der Waals surface area contributed by atoms with Gasteiger partial charge in [-0.05, 0) is 25.1 Å². The molecule has 0 unspecified atom stereocenters. The zero-order valence-corrected chi connectivity index (χ0v) is 10.2. The lowest BCUT2D eigenvalue weighted by molar-refractivity contribution is -0.384. The Morgan fingerprint density at radius 2 is 2.00 bits per heavy atom. The van der Waals surface area contributed by atoms with Gasteiger partial charge in [0.25, 0.3) is 5.69 Å². The van der Waals surface area contributed by atoms with Crippen molar-refractivity contribution in [3.05, 3.63) is 39.9 Å². The van der Waals surface area contributed by atoms with E-state index in [2.05, 4.69) is 12.2 Å². The SMILES string of the molecule is CCCNCCOC(=O)c1ccc([N+](=O)[O-])cc1. The van der Waals surface area contributed by atoms with Gasteiger partial charge in [-0.25, -0.2) is 4.79 Å². The molecule has 0 amide bonds. The molecule has 0 fully saturated rings. The monoisotopic (exact) mass is 252 g/mol. The molecule has 0 aliphatic rings. The normalized spacial score (nSPS) is 10.1. The molecule has 0 spiro atoms. The fourth-order valence-electron chi connectivity index (χ4n) is 1.32. The van der Waals surface area contributed by atoms with Crippen molar-refractivity contribution >= 4 is 11.7 Å². The van der Waals surface area contributed by atoms with Crippen LogP contribution >= 0.6 is 0 Å². The van der Waals surface area contributed by atoms with E-state index in [4.69, 9.17) is 4.74 Å². The Morgan fingerprint density at radius 1 is 1.33 bits per heavy atom. The van der Waals surface area contributed by atoms with E-state index in [1.54, 1.807) is 0 Å². The Hall–Kier alpha value is -1.95. The highest BCUT2D eigenvalue weighted by molar-refractivity contribution is 5.89.